The molecule has 3 N–H and O–H groups in total. The minimum Gasteiger partial charge on any atom is -0.503 e. The summed E-state index contributed by atoms with van der Waals surface area (Å²) in [6.07, 6.45) is 3.12. The van der Waals surface area contributed by atoms with E-state index in [0.717, 1.165) is 10.9 Å². The molecule has 6 nitrogen and oxygen atoms in total. The van der Waals surface area contributed by atoms with E-state index in [1.807, 2.05) is 24.3 Å². The van der Waals surface area contributed by atoms with Gasteiger partial charge in [-0.25, -0.2) is 5.43 Å². The minimum absolute atomic E-state index is 0.0116. The number of para-hydroxylation sites is 1. The molecule has 3 rings (SSSR count). The van der Waals surface area contributed by atoms with Gasteiger partial charge in [0.1, 0.15) is 0 Å². The van der Waals surface area contributed by atoms with Gasteiger partial charge in [-0.2, -0.15) is 5.10 Å². The van der Waals surface area contributed by atoms with Crippen LogP contribution in [0.25, 0.3) is 10.9 Å². The first-order valence-corrected chi connectivity index (χ1v) is 7.85. The van der Waals surface area contributed by atoms with E-state index in [1.54, 1.807) is 18.3 Å². The second-order valence-corrected chi connectivity index (χ2v) is 5.85. The highest BCUT2D eigenvalue weighted by Gasteiger charge is 2.11. The largest absolute Gasteiger partial charge is 0.503 e. The van der Waals surface area contributed by atoms with E-state index in [-0.39, 0.29) is 11.7 Å². The van der Waals surface area contributed by atoms with Gasteiger partial charge in [-0.15, -0.1) is 0 Å². The highest BCUT2D eigenvalue weighted by atomic mass is 79.9. The molecule has 0 saturated carbocycles. The van der Waals surface area contributed by atoms with Crippen molar-refractivity contribution < 1.29 is 14.6 Å². The Kier molecular flexibility index (Phi) is 4.52. The molecule has 0 bridgehead atoms. The highest BCUT2D eigenvalue weighted by Crippen LogP contribution is 2.34. The Morgan fingerprint density at radius 2 is 2.17 bits per heavy atom. The quantitative estimate of drug-likeness (QED) is 0.473. The lowest BCUT2D eigenvalue weighted by atomic mass is 10.2. The number of aromatic hydroxyl groups is 1. The lowest BCUT2D eigenvalue weighted by Crippen LogP contribution is -2.17. The molecule has 1 aromatic heterocycles. The third-order valence-corrected chi connectivity index (χ3v) is 4.09. The topological polar surface area (TPSA) is 86.7 Å². The number of phenols is 1. The number of halogens is 1. The third-order valence-electron chi connectivity index (χ3n) is 3.48. The number of aromatic amines is 1. The Labute approximate surface area is 146 Å². The summed E-state index contributed by atoms with van der Waals surface area (Å²) in [5.74, 6) is 0.0137. The van der Waals surface area contributed by atoms with Crippen molar-refractivity contribution in [1.82, 2.24) is 10.4 Å². The monoisotopic (exact) mass is 387 g/mol. The van der Waals surface area contributed by atoms with Crippen molar-refractivity contribution in [2.45, 2.75) is 0 Å². The van der Waals surface area contributed by atoms with Crippen molar-refractivity contribution in [3.8, 4) is 11.5 Å². The van der Waals surface area contributed by atoms with Crippen LogP contribution in [0.15, 0.2) is 52.2 Å². The summed E-state index contributed by atoms with van der Waals surface area (Å²) in [7, 11) is 1.46. The second kappa shape index (κ2) is 6.76. The standard InChI is InChI=1S/C17H14BrN3O3/c1-24-15-7-10(6-13(18)16(15)22)8-20-21-17(23)12-9-19-14-5-3-2-4-11(12)14/h2-9,19,22H,1H3,(H,21,23)/b20-8+. The van der Waals surface area contributed by atoms with Gasteiger partial charge in [-0.1, -0.05) is 18.2 Å². The van der Waals surface area contributed by atoms with Crippen LogP contribution in [0, 0.1) is 0 Å². The molecule has 0 spiro atoms. The SMILES string of the molecule is COc1cc(/C=N/NC(=O)c2c[nH]c3ccccc23)cc(Br)c1O. The van der Waals surface area contributed by atoms with E-state index < -0.39 is 0 Å². The van der Waals surface area contributed by atoms with Gasteiger partial charge < -0.3 is 14.8 Å². The maximum Gasteiger partial charge on any atom is 0.273 e. The number of amides is 1. The molecule has 1 heterocycles. The Bertz CT molecular complexity index is 934. The highest BCUT2D eigenvalue weighted by molar-refractivity contribution is 9.10. The predicted molar refractivity (Wildman–Crippen MR) is 95.7 cm³/mol. The Hall–Kier alpha value is -2.80. The van der Waals surface area contributed by atoms with Gasteiger partial charge >= 0.3 is 0 Å². The molecular weight excluding hydrogens is 374 g/mol. The smallest absolute Gasteiger partial charge is 0.273 e. The van der Waals surface area contributed by atoms with Gasteiger partial charge in [0, 0.05) is 17.1 Å². The maximum absolute atomic E-state index is 12.2. The number of nitrogens with zero attached hydrogens (tertiary/aromatic N) is 1. The van der Waals surface area contributed by atoms with Gasteiger partial charge in [-0.05, 0) is 39.7 Å². The maximum atomic E-state index is 12.2. The fraction of sp³-hybridized carbons (Fsp3) is 0.0588. The number of carbonyl (C=O) groups excluding carboxylic acids is 1. The van der Waals surface area contributed by atoms with Crippen LogP contribution in [0.4, 0.5) is 0 Å². The second-order valence-electron chi connectivity index (χ2n) is 5.00. The summed E-state index contributed by atoms with van der Waals surface area (Å²) in [6.45, 7) is 0. The zero-order valence-electron chi connectivity index (χ0n) is 12.7. The Morgan fingerprint density at radius 1 is 1.38 bits per heavy atom. The van der Waals surface area contributed by atoms with E-state index in [0.29, 0.717) is 21.3 Å². The third kappa shape index (κ3) is 3.11. The zero-order valence-corrected chi connectivity index (χ0v) is 14.3. The van der Waals surface area contributed by atoms with Crippen LogP contribution in [0.2, 0.25) is 0 Å². The number of fused-ring (bicyclic) bond motifs is 1. The summed E-state index contributed by atoms with van der Waals surface area (Å²) in [5, 5.41) is 14.6. The first-order valence-electron chi connectivity index (χ1n) is 7.06. The van der Waals surface area contributed by atoms with Crippen molar-refractivity contribution in [1.29, 1.82) is 0 Å². The number of carbonyl (C=O) groups is 1. The summed E-state index contributed by atoms with van der Waals surface area (Å²) in [4.78, 5) is 15.3. The van der Waals surface area contributed by atoms with Crippen molar-refractivity contribution in [2.24, 2.45) is 5.10 Å². The van der Waals surface area contributed by atoms with Crippen LogP contribution in [0.5, 0.6) is 11.5 Å². The van der Waals surface area contributed by atoms with Crippen molar-refractivity contribution >= 4 is 39.0 Å². The average Bonchev–Trinajstić information content (AvgIpc) is 3.02. The molecule has 0 radical (unpaired) electrons. The predicted octanol–water partition coefficient (Wildman–Crippen LogP) is 3.41. The molecule has 0 fully saturated rings. The number of rotatable bonds is 4. The number of H-pyrrole nitrogens is 1. The van der Waals surface area contributed by atoms with Crippen LogP contribution >= 0.6 is 15.9 Å². The summed E-state index contributed by atoms with van der Waals surface area (Å²) >= 11 is 3.23. The van der Waals surface area contributed by atoms with Crippen LogP contribution < -0.4 is 10.2 Å². The van der Waals surface area contributed by atoms with E-state index >= 15 is 0 Å². The van der Waals surface area contributed by atoms with Crippen LogP contribution in [0.1, 0.15) is 15.9 Å². The molecule has 24 heavy (non-hydrogen) atoms. The number of hydrogen-bond donors (Lipinski definition) is 3. The summed E-state index contributed by atoms with van der Waals surface area (Å²) in [5.41, 5.74) is 4.56. The number of benzene rings is 2. The van der Waals surface area contributed by atoms with Gasteiger partial charge in [0.15, 0.2) is 11.5 Å². The van der Waals surface area contributed by atoms with E-state index in [2.05, 4.69) is 31.4 Å². The zero-order chi connectivity index (χ0) is 17.1. The van der Waals surface area contributed by atoms with Crippen molar-refractivity contribution in [3.05, 3.63) is 58.2 Å². The normalized spacial score (nSPS) is 11.1. The minimum atomic E-state index is -0.312. The number of hydrogen-bond acceptors (Lipinski definition) is 4. The van der Waals surface area contributed by atoms with Crippen molar-refractivity contribution in [3.63, 3.8) is 0 Å². The van der Waals surface area contributed by atoms with E-state index in [1.165, 1.54) is 13.3 Å². The fourth-order valence-corrected chi connectivity index (χ4v) is 2.77. The van der Waals surface area contributed by atoms with Gasteiger partial charge in [0.05, 0.1) is 23.4 Å². The van der Waals surface area contributed by atoms with Gasteiger partial charge in [-0.3, -0.25) is 4.79 Å². The van der Waals surface area contributed by atoms with E-state index in [4.69, 9.17) is 4.74 Å². The number of phenolic OH excluding ortho intramolecular Hbond substituents is 1. The number of nitrogens with one attached hydrogen (secondary N) is 2. The number of methoxy groups -OCH3 is 1. The fourth-order valence-electron chi connectivity index (χ4n) is 2.31. The number of ether oxygens (including phenoxy) is 1. The lowest BCUT2D eigenvalue weighted by Gasteiger charge is -2.06. The molecule has 2 aromatic carbocycles. The summed E-state index contributed by atoms with van der Waals surface area (Å²) in [6, 6.07) is 10.8. The van der Waals surface area contributed by atoms with Crippen LogP contribution in [-0.2, 0) is 0 Å². The molecule has 3 aromatic rings. The number of hydrazone groups is 1. The van der Waals surface area contributed by atoms with Gasteiger partial charge in [0.25, 0.3) is 5.91 Å². The molecule has 0 saturated heterocycles. The molecule has 7 heteroatoms. The molecule has 1 amide bonds. The van der Waals surface area contributed by atoms with Crippen molar-refractivity contribution in [2.75, 3.05) is 7.11 Å². The molecule has 0 aliphatic rings. The van der Waals surface area contributed by atoms with E-state index in [9.17, 15) is 9.90 Å². The Balaban J connectivity index is 1.77. The lowest BCUT2D eigenvalue weighted by molar-refractivity contribution is 0.0957. The molecule has 0 atom stereocenters. The van der Waals surface area contributed by atoms with Crippen LogP contribution in [-0.4, -0.2) is 29.3 Å². The molecule has 0 aliphatic carbocycles. The first-order chi connectivity index (χ1) is 11.6. The Morgan fingerprint density at radius 3 is 2.96 bits per heavy atom. The summed E-state index contributed by atoms with van der Waals surface area (Å²) < 4.78 is 5.55. The molecule has 0 aliphatic heterocycles. The van der Waals surface area contributed by atoms with Gasteiger partial charge in [0.2, 0.25) is 0 Å². The van der Waals surface area contributed by atoms with Crippen LogP contribution in [0.3, 0.4) is 0 Å². The number of aromatic nitrogens is 1. The molecule has 0 unspecified atom stereocenters. The average molecular weight is 388 g/mol. The first kappa shape index (κ1) is 16.1. The molecular formula is C17H14BrN3O3. The molecule has 122 valence electrons.